The Kier molecular flexibility index (Phi) is 2.96. The van der Waals surface area contributed by atoms with Crippen LogP contribution in [0.2, 0.25) is 0 Å². The zero-order valence-corrected chi connectivity index (χ0v) is 14.0. The highest BCUT2D eigenvalue weighted by Crippen LogP contribution is 2.38. The number of rotatable bonds is 2. The number of carbonyl (C=O) groups is 1. The van der Waals surface area contributed by atoms with Crippen LogP contribution in [0.5, 0.6) is 0 Å². The Bertz CT molecular complexity index is 963. The van der Waals surface area contributed by atoms with Crippen LogP contribution < -0.4 is 4.57 Å². The van der Waals surface area contributed by atoms with Crippen molar-refractivity contribution in [2.24, 2.45) is 5.92 Å². The average molecular weight is 320 g/mol. The molecule has 0 saturated carbocycles. The molecule has 122 valence electrons. The molecule has 0 fully saturated rings. The molecule has 2 aliphatic rings. The highest BCUT2D eigenvalue weighted by atomic mass is 16.1. The number of ketones is 1. The highest BCUT2D eigenvalue weighted by molar-refractivity contribution is 6.11. The molecule has 0 unspecified atom stereocenters. The van der Waals surface area contributed by atoms with Gasteiger partial charge in [-0.15, -0.1) is 0 Å². The number of aryl methyl sites for hydroxylation is 3. The number of nitrogens with one attached hydrogen (secondary N) is 1. The Hall–Kier alpha value is -2.36. The fourth-order valence-electron chi connectivity index (χ4n) is 4.65. The first-order chi connectivity index (χ1) is 11.7. The summed E-state index contributed by atoms with van der Waals surface area (Å²) < 4.78 is 4.60. The minimum absolute atomic E-state index is 0.0838. The van der Waals surface area contributed by atoms with Crippen molar-refractivity contribution in [3.63, 3.8) is 0 Å². The van der Waals surface area contributed by atoms with E-state index in [-0.39, 0.29) is 5.92 Å². The van der Waals surface area contributed by atoms with Crippen LogP contribution in [0.25, 0.3) is 10.9 Å². The number of para-hydroxylation sites is 1. The lowest BCUT2D eigenvalue weighted by atomic mass is 9.84. The van der Waals surface area contributed by atoms with Crippen LogP contribution in [-0.2, 0) is 25.9 Å². The SMILES string of the molecule is Cc1[nH]cc[n+]1C[C@H]1CCc2c(c3cccc4c3n2CCC4)C1=O. The number of imidazole rings is 1. The Morgan fingerprint density at radius 1 is 1.33 bits per heavy atom. The maximum absolute atomic E-state index is 13.3. The summed E-state index contributed by atoms with van der Waals surface area (Å²) >= 11 is 0. The molecule has 0 radical (unpaired) electrons. The van der Waals surface area contributed by atoms with Crippen LogP contribution in [-0.4, -0.2) is 15.3 Å². The predicted octanol–water partition coefficient (Wildman–Crippen LogP) is 2.96. The Labute approximate surface area is 141 Å². The third-order valence-electron chi connectivity index (χ3n) is 5.84. The van der Waals surface area contributed by atoms with E-state index in [4.69, 9.17) is 0 Å². The molecule has 2 aromatic heterocycles. The minimum atomic E-state index is 0.0838. The fraction of sp³-hybridized carbons (Fsp3) is 0.400. The monoisotopic (exact) mass is 320 g/mol. The fourth-order valence-corrected chi connectivity index (χ4v) is 4.65. The smallest absolute Gasteiger partial charge is 0.251 e. The first-order valence-electron chi connectivity index (χ1n) is 8.94. The normalized spacial score (nSPS) is 19.7. The first kappa shape index (κ1) is 14.0. The Morgan fingerprint density at radius 2 is 2.25 bits per heavy atom. The van der Waals surface area contributed by atoms with Gasteiger partial charge in [0.05, 0.1) is 11.4 Å². The van der Waals surface area contributed by atoms with E-state index in [9.17, 15) is 4.79 Å². The van der Waals surface area contributed by atoms with Gasteiger partial charge in [-0.1, -0.05) is 18.2 Å². The first-order valence-corrected chi connectivity index (χ1v) is 8.94. The van der Waals surface area contributed by atoms with Gasteiger partial charge in [0.2, 0.25) is 0 Å². The minimum Gasteiger partial charge on any atom is -0.344 e. The number of fused-ring (bicyclic) bond motifs is 3. The van der Waals surface area contributed by atoms with Gasteiger partial charge >= 0.3 is 0 Å². The van der Waals surface area contributed by atoms with Crippen LogP contribution in [0.1, 0.15) is 40.3 Å². The molecule has 3 aromatic rings. The highest BCUT2D eigenvalue weighted by Gasteiger charge is 2.35. The molecule has 1 aromatic carbocycles. The molecule has 5 rings (SSSR count). The van der Waals surface area contributed by atoms with Crippen molar-refractivity contribution in [2.45, 2.75) is 45.7 Å². The number of aromatic nitrogens is 3. The summed E-state index contributed by atoms with van der Waals surface area (Å²) in [5, 5.41) is 1.19. The van der Waals surface area contributed by atoms with Crippen molar-refractivity contribution in [1.82, 2.24) is 9.55 Å². The van der Waals surface area contributed by atoms with Crippen molar-refractivity contribution in [2.75, 3.05) is 0 Å². The van der Waals surface area contributed by atoms with Crippen LogP contribution in [0.15, 0.2) is 30.6 Å². The van der Waals surface area contributed by atoms with Gasteiger partial charge in [0.25, 0.3) is 5.82 Å². The van der Waals surface area contributed by atoms with E-state index in [2.05, 4.69) is 39.2 Å². The number of aromatic amines is 1. The van der Waals surface area contributed by atoms with Crippen LogP contribution in [0.3, 0.4) is 0 Å². The Morgan fingerprint density at radius 3 is 3.08 bits per heavy atom. The number of H-pyrrole nitrogens is 1. The standard InChI is InChI=1S/C20H21N3O/c1-13-21-9-11-22(13)12-15-7-8-17-18(20(15)24)16-6-2-4-14-5-3-10-23(17)19(14)16/h2,4,6,9,11,15H,3,5,7-8,10,12H2,1H3/p+1/t15-/m1/s1. The quantitative estimate of drug-likeness (QED) is 0.725. The number of benzene rings is 1. The summed E-state index contributed by atoms with van der Waals surface area (Å²) in [4.78, 5) is 16.5. The molecule has 1 atom stereocenters. The lowest BCUT2D eigenvalue weighted by Gasteiger charge is -2.23. The lowest BCUT2D eigenvalue weighted by Crippen LogP contribution is -2.42. The van der Waals surface area contributed by atoms with Crippen LogP contribution in [0.4, 0.5) is 0 Å². The van der Waals surface area contributed by atoms with Gasteiger partial charge in [-0.3, -0.25) is 4.79 Å². The van der Waals surface area contributed by atoms with Gasteiger partial charge in [-0.2, -0.15) is 0 Å². The average Bonchev–Trinajstić information content (AvgIpc) is 3.15. The van der Waals surface area contributed by atoms with E-state index >= 15 is 0 Å². The molecular weight excluding hydrogens is 298 g/mol. The molecule has 24 heavy (non-hydrogen) atoms. The summed E-state index contributed by atoms with van der Waals surface area (Å²) in [6, 6.07) is 6.49. The van der Waals surface area contributed by atoms with Crippen molar-refractivity contribution in [1.29, 1.82) is 0 Å². The van der Waals surface area contributed by atoms with Gasteiger partial charge in [0, 0.05) is 30.1 Å². The van der Waals surface area contributed by atoms with Gasteiger partial charge in [-0.25, -0.2) is 9.55 Å². The second-order valence-corrected chi connectivity index (χ2v) is 7.19. The molecule has 0 saturated heterocycles. The maximum Gasteiger partial charge on any atom is 0.251 e. The molecule has 1 aliphatic heterocycles. The van der Waals surface area contributed by atoms with E-state index in [1.165, 1.54) is 28.6 Å². The summed E-state index contributed by atoms with van der Waals surface area (Å²) in [5.74, 6) is 1.53. The zero-order valence-electron chi connectivity index (χ0n) is 14.0. The predicted molar refractivity (Wildman–Crippen MR) is 92.1 cm³/mol. The van der Waals surface area contributed by atoms with Crippen molar-refractivity contribution in [3.05, 3.63) is 53.2 Å². The maximum atomic E-state index is 13.3. The van der Waals surface area contributed by atoms with E-state index < -0.39 is 0 Å². The molecule has 0 spiro atoms. The molecule has 4 heteroatoms. The molecule has 1 N–H and O–H groups in total. The lowest BCUT2D eigenvalue weighted by molar-refractivity contribution is -0.705. The van der Waals surface area contributed by atoms with Gasteiger partial charge in [0.1, 0.15) is 18.9 Å². The molecular formula is C20H22N3O+. The number of hydrogen-bond acceptors (Lipinski definition) is 1. The third kappa shape index (κ3) is 1.86. The zero-order chi connectivity index (χ0) is 16.3. The summed E-state index contributed by atoms with van der Waals surface area (Å²) in [6.45, 7) is 3.89. The molecule has 0 amide bonds. The molecule has 0 bridgehead atoms. The van der Waals surface area contributed by atoms with Crippen molar-refractivity contribution < 1.29 is 9.36 Å². The number of nitrogens with zero attached hydrogens (tertiary/aromatic N) is 2. The van der Waals surface area contributed by atoms with E-state index in [0.717, 1.165) is 43.7 Å². The van der Waals surface area contributed by atoms with Gasteiger partial charge in [-0.05, 0) is 31.2 Å². The topological polar surface area (TPSA) is 41.7 Å². The summed E-state index contributed by atoms with van der Waals surface area (Å²) in [6.07, 6.45) is 8.26. The van der Waals surface area contributed by atoms with E-state index in [1.54, 1.807) is 0 Å². The largest absolute Gasteiger partial charge is 0.344 e. The second kappa shape index (κ2) is 5.07. The van der Waals surface area contributed by atoms with Gasteiger partial charge in [0.15, 0.2) is 5.78 Å². The third-order valence-corrected chi connectivity index (χ3v) is 5.84. The second-order valence-electron chi connectivity index (χ2n) is 7.19. The van der Waals surface area contributed by atoms with E-state index in [0.29, 0.717) is 5.78 Å². The number of hydrogen-bond donors (Lipinski definition) is 1. The van der Waals surface area contributed by atoms with Crippen LogP contribution in [0, 0.1) is 12.8 Å². The number of Topliss-reactive ketones (excluding diaryl/α,β-unsaturated/α-hetero) is 1. The van der Waals surface area contributed by atoms with Gasteiger partial charge < -0.3 is 4.57 Å². The molecule has 3 heterocycles. The Balaban J connectivity index is 1.62. The van der Waals surface area contributed by atoms with Crippen LogP contribution >= 0.6 is 0 Å². The number of carbonyl (C=O) groups excluding carboxylic acids is 1. The summed E-state index contributed by atoms with van der Waals surface area (Å²) in [5.41, 5.74) is 5.04. The summed E-state index contributed by atoms with van der Waals surface area (Å²) in [7, 11) is 0. The molecule has 4 nitrogen and oxygen atoms in total. The van der Waals surface area contributed by atoms with Crippen molar-refractivity contribution in [3.8, 4) is 0 Å². The van der Waals surface area contributed by atoms with E-state index in [1.807, 2.05) is 12.4 Å². The molecule has 1 aliphatic carbocycles. The van der Waals surface area contributed by atoms with Crippen molar-refractivity contribution >= 4 is 16.7 Å².